The average molecular weight is 1320 g/mol. The molecule has 5 heteroatoms. The molecule has 0 unspecified atom stereocenters. The first kappa shape index (κ1) is 75.9. The van der Waals surface area contributed by atoms with Gasteiger partial charge in [0.25, 0.3) is 0 Å². The molecule has 0 saturated heterocycles. The van der Waals surface area contributed by atoms with Crippen LogP contribution >= 0.6 is 34.4 Å². The second-order valence-electron chi connectivity index (χ2n) is 30.6. The number of unbranched alkanes of at least 4 members (excludes halogenated alkanes) is 48. The molecule has 0 radical (unpaired) electrons. The van der Waals surface area contributed by atoms with E-state index in [1.807, 2.05) is 0 Å². The Hall–Kier alpha value is -2.86. The van der Waals surface area contributed by atoms with E-state index in [0.29, 0.717) is 0 Å². The second kappa shape index (κ2) is 43.5. The van der Waals surface area contributed by atoms with Crippen LogP contribution in [0.1, 0.15) is 420 Å². The van der Waals surface area contributed by atoms with Gasteiger partial charge in [0.15, 0.2) is 0 Å². The number of fused-ring (bicyclic) bond motifs is 10. The van der Waals surface area contributed by atoms with Crippen molar-refractivity contribution in [3.8, 4) is 31.3 Å². The van der Waals surface area contributed by atoms with Crippen molar-refractivity contribution in [3.05, 3.63) is 81.2 Å². The first-order chi connectivity index (χ1) is 45.9. The smallest absolute Gasteiger partial charge is 0.113 e. The number of nitrogens with zero attached hydrogens (tertiary/aromatic N) is 2. The van der Waals surface area contributed by atoms with Gasteiger partial charge >= 0.3 is 0 Å². The molecule has 2 aliphatic carbocycles. The fraction of sp³-hybridized carbons (Fsp3) is 0.727. The number of aromatic nitrogens is 2. The van der Waals surface area contributed by atoms with E-state index >= 15 is 0 Å². The number of hydrogen-bond donors (Lipinski definition) is 0. The fourth-order valence-electron chi connectivity index (χ4n) is 17.5. The van der Waals surface area contributed by atoms with Crippen molar-refractivity contribution < 1.29 is 0 Å². The zero-order valence-electron chi connectivity index (χ0n) is 61.3. The lowest BCUT2D eigenvalue weighted by atomic mass is 9.67. The Morgan fingerprint density at radius 2 is 0.570 bits per heavy atom. The molecule has 0 N–H and O–H groups in total. The topological polar surface area (TPSA) is 25.8 Å². The number of benzene rings is 3. The first-order valence-electron chi connectivity index (χ1n) is 41.0. The molecule has 0 saturated carbocycles. The van der Waals surface area contributed by atoms with Crippen LogP contribution in [0.25, 0.3) is 53.1 Å². The van der Waals surface area contributed by atoms with E-state index in [4.69, 9.17) is 8.75 Å². The van der Waals surface area contributed by atoms with Crippen LogP contribution in [0, 0.1) is 13.8 Å². The summed E-state index contributed by atoms with van der Waals surface area (Å²) >= 11 is 5.59. The summed E-state index contributed by atoms with van der Waals surface area (Å²) < 4.78 is 9.88. The quantitative estimate of drug-likeness (QED) is 0.0356. The Morgan fingerprint density at radius 3 is 0.903 bits per heavy atom. The van der Waals surface area contributed by atoms with Gasteiger partial charge in [-0.05, 0) is 101 Å². The van der Waals surface area contributed by atoms with Gasteiger partial charge in [-0.3, -0.25) is 0 Å². The van der Waals surface area contributed by atoms with Crippen molar-refractivity contribution >= 4 is 56.2 Å². The summed E-state index contributed by atoms with van der Waals surface area (Å²) in [4.78, 5) is 6.08. The molecule has 6 aromatic rings. The lowest BCUT2D eigenvalue weighted by Gasteiger charge is -2.36. The Labute approximate surface area is 585 Å². The minimum absolute atomic E-state index is 0.0143. The molecule has 2 nitrogen and oxygen atoms in total. The summed E-state index contributed by atoms with van der Waals surface area (Å²) in [6, 6.07) is 20.9. The SMILES string of the molecule is CCCCCCCCCCCCCCCC1(CCCCCCCCCCCCCCC)c2cc(C)sc2-c2ccc3c4c(ccc3c21)-c1sc(-c2ccc(C)c3nsnc23)cc1C4(CCCCCCCCCCCCCCC)CCCCCCCCCCCCCCC. The van der Waals surface area contributed by atoms with Gasteiger partial charge < -0.3 is 0 Å². The first-order valence-corrected chi connectivity index (χ1v) is 43.4. The van der Waals surface area contributed by atoms with Gasteiger partial charge in [-0.1, -0.05) is 398 Å². The monoisotopic (exact) mass is 1320 g/mol. The molecule has 0 atom stereocenters. The van der Waals surface area contributed by atoms with E-state index in [2.05, 4.69) is 113 Å². The second-order valence-corrected chi connectivity index (χ2v) is 33.4. The number of thiophene rings is 2. The van der Waals surface area contributed by atoms with Gasteiger partial charge in [0, 0.05) is 35.9 Å². The van der Waals surface area contributed by atoms with E-state index in [-0.39, 0.29) is 10.8 Å². The Morgan fingerprint density at radius 1 is 0.290 bits per heavy atom. The van der Waals surface area contributed by atoms with Crippen LogP contribution < -0.4 is 0 Å². The van der Waals surface area contributed by atoms with Crippen molar-refractivity contribution in [2.45, 2.75) is 412 Å². The van der Waals surface area contributed by atoms with Crippen LogP contribution in [0.5, 0.6) is 0 Å². The summed E-state index contributed by atoms with van der Waals surface area (Å²) in [5.41, 5.74) is 14.7. The van der Waals surface area contributed by atoms with Crippen molar-refractivity contribution in [2.75, 3.05) is 0 Å². The molecule has 0 aliphatic heterocycles. The minimum Gasteiger partial charge on any atom is -0.173 e. The largest absolute Gasteiger partial charge is 0.173 e. The predicted molar refractivity (Wildman–Crippen MR) is 419 cm³/mol. The minimum atomic E-state index is -0.0143. The molecule has 3 heterocycles. The number of rotatable bonds is 57. The van der Waals surface area contributed by atoms with Gasteiger partial charge in [0.05, 0.1) is 11.7 Å². The van der Waals surface area contributed by atoms with E-state index in [0.717, 1.165) is 11.0 Å². The van der Waals surface area contributed by atoms with Gasteiger partial charge in [0.2, 0.25) is 0 Å². The highest BCUT2D eigenvalue weighted by Crippen LogP contribution is 2.64. The standard InChI is InChI=1S/C88H138N2S3/c1-7-11-15-19-23-27-31-35-39-43-47-51-55-65-87(66-56-52-48-44-40-36-32-28-24-20-16-12-8-2)78-69-72(6)91-85(78)76-63-61-74-73(81(76)87)62-64-77-82(74)88(67-57-53-49-45-41-37-33-29-25-21-17-13-9-3,68-58-54-50-46-42-38-34-30-26-22-18-14-10-4)79-70-80(92-86(77)79)75-60-59-71(5)83-84(75)90-93-89-83/h59-64,69-70H,7-58,65-68H2,1-6H3. The molecule has 518 valence electrons. The molecule has 0 spiro atoms. The Bertz CT molecular complexity index is 2900. The zero-order valence-corrected chi connectivity index (χ0v) is 63.8. The molecule has 0 bridgehead atoms. The average Bonchev–Trinajstić information content (AvgIpc) is 1.53. The summed E-state index contributed by atoms with van der Waals surface area (Å²) in [6.45, 7) is 14.0. The van der Waals surface area contributed by atoms with Crippen LogP contribution in [0.2, 0.25) is 0 Å². The fourth-order valence-corrected chi connectivity index (χ4v) is 20.6. The molecule has 8 rings (SSSR count). The highest BCUT2D eigenvalue weighted by molar-refractivity contribution is 7.19. The maximum absolute atomic E-state index is 5.01. The van der Waals surface area contributed by atoms with E-state index < -0.39 is 0 Å². The molecule has 2 aliphatic rings. The van der Waals surface area contributed by atoms with Crippen molar-refractivity contribution in [1.82, 2.24) is 8.75 Å². The normalized spacial score (nSPS) is 13.7. The Balaban J connectivity index is 1.09. The van der Waals surface area contributed by atoms with Crippen molar-refractivity contribution in [2.24, 2.45) is 0 Å². The third-order valence-corrected chi connectivity index (χ3v) is 25.8. The van der Waals surface area contributed by atoms with Crippen LogP contribution in [-0.2, 0) is 10.8 Å². The van der Waals surface area contributed by atoms with Crippen molar-refractivity contribution in [3.63, 3.8) is 0 Å². The van der Waals surface area contributed by atoms with Crippen molar-refractivity contribution in [1.29, 1.82) is 0 Å². The summed E-state index contributed by atoms with van der Waals surface area (Å²) in [5, 5.41) is 3.22. The van der Waals surface area contributed by atoms with E-state index in [9.17, 15) is 0 Å². The lowest BCUT2D eigenvalue weighted by Crippen LogP contribution is -2.27. The molecule has 3 aromatic heterocycles. The summed E-state index contributed by atoms with van der Waals surface area (Å²) in [7, 11) is 0. The Kier molecular flexibility index (Phi) is 35.5. The maximum atomic E-state index is 5.01. The molecule has 93 heavy (non-hydrogen) atoms. The third-order valence-electron chi connectivity index (χ3n) is 23.0. The van der Waals surface area contributed by atoms with Crippen LogP contribution in [0.15, 0.2) is 48.5 Å². The molecule has 0 amide bonds. The number of aryl methyl sites for hydroxylation is 2. The van der Waals surface area contributed by atoms with Gasteiger partial charge in [-0.2, -0.15) is 8.75 Å². The van der Waals surface area contributed by atoms with Gasteiger partial charge in [-0.15, -0.1) is 22.7 Å². The van der Waals surface area contributed by atoms with Crippen LogP contribution in [0.4, 0.5) is 0 Å². The summed E-state index contributed by atoms with van der Waals surface area (Å²) in [5.74, 6) is 0. The maximum Gasteiger partial charge on any atom is 0.113 e. The predicted octanol–water partition coefficient (Wildman–Crippen LogP) is 31.7. The van der Waals surface area contributed by atoms with Gasteiger partial charge in [-0.25, -0.2) is 0 Å². The number of hydrogen-bond acceptors (Lipinski definition) is 5. The third kappa shape index (κ3) is 22.3. The summed E-state index contributed by atoms with van der Waals surface area (Å²) in [6.07, 6.45) is 78.3. The van der Waals surface area contributed by atoms with Crippen LogP contribution in [0.3, 0.4) is 0 Å². The zero-order chi connectivity index (χ0) is 65.0. The molecular weight excluding hydrogens is 1180 g/mol. The molecule has 0 fully saturated rings. The van der Waals surface area contributed by atoms with Gasteiger partial charge in [0.1, 0.15) is 11.0 Å². The van der Waals surface area contributed by atoms with E-state index in [1.54, 1.807) is 53.9 Å². The highest BCUT2D eigenvalue weighted by atomic mass is 32.1. The lowest BCUT2D eigenvalue weighted by molar-refractivity contribution is 0.397. The van der Waals surface area contributed by atoms with E-state index in [1.165, 1.54) is 392 Å². The highest BCUT2D eigenvalue weighted by Gasteiger charge is 2.48. The van der Waals surface area contributed by atoms with Crippen LogP contribution in [-0.4, -0.2) is 8.75 Å². The molecule has 3 aromatic carbocycles. The molecular formula is C88H138N2S3.